The summed E-state index contributed by atoms with van der Waals surface area (Å²) in [7, 11) is 0. The summed E-state index contributed by atoms with van der Waals surface area (Å²) < 4.78 is 11.1. The fourth-order valence-corrected chi connectivity index (χ4v) is 3.87. The van der Waals surface area contributed by atoms with Crippen LogP contribution in [-0.4, -0.2) is 23.2 Å². The Labute approximate surface area is 135 Å². The summed E-state index contributed by atoms with van der Waals surface area (Å²) in [5, 5.41) is 3.60. The molecule has 1 aliphatic heterocycles. The normalized spacial score (nSPS) is 13.5. The maximum Gasteiger partial charge on any atom is 0.191 e. The highest BCUT2D eigenvalue weighted by molar-refractivity contribution is 7.98. The summed E-state index contributed by atoms with van der Waals surface area (Å²) in [6, 6.07) is 7.94. The third-order valence-electron chi connectivity index (χ3n) is 3.31. The second kappa shape index (κ2) is 5.66. The van der Waals surface area contributed by atoms with Gasteiger partial charge in [0.05, 0.1) is 5.39 Å². The summed E-state index contributed by atoms with van der Waals surface area (Å²) in [5.41, 5.74) is 7.11. The summed E-state index contributed by atoms with van der Waals surface area (Å²) in [6.07, 6.45) is 0. The molecule has 1 aromatic carbocycles. The molecule has 0 fully saturated rings. The van der Waals surface area contributed by atoms with E-state index in [-0.39, 0.29) is 0 Å². The maximum absolute atomic E-state index is 5.97. The molecule has 2 aromatic heterocycles. The number of hydrogen-bond donors (Lipinski definition) is 1. The SMILES string of the molecule is Nc1nc(SCc2ccc3c(c2)OCCO3)nc2sccc12. The van der Waals surface area contributed by atoms with Crippen LogP contribution in [0, 0.1) is 0 Å². The molecule has 0 saturated carbocycles. The van der Waals surface area contributed by atoms with E-state index in [0.717, 1.165) is 33.0 Å². The Hall–Kier alpha value is -1.99. The lowest BCUT2D eigenvalue weighted by molar-refractivity contribution is 0.171. The molecule has 4 rings (SSSR count). The second-order valence-electron chi connectivity index (χ2n) is 4.80. The number of anilines is 1. The van der Waals surface area contributed by atoms with E-state index in [4.69, 9.17) is 15.2 Å². The van der Waals surface area contributed by atoms with E-state index >= 15 is 0 Å². The van der Waals surface area contributed by atoms with Crippen molar-refractivity contribution in [1.82, 2.24) is 9.97 Å². The summed E-state index contributed by atoms with van der Waals surface area (Å²) in [4.78, 5) is 9.82. The molecule has 112 valence electrons. The first-order valence-electron chi connectivity index (χ1n) is 6.81. The molecule has 0 amide bonds. The van der Waals surface area contributed by atoms with E-state index < -0.39 is 0 Å². The molecule has 7 heteroatoms. The molecule has 0 aliphatic carbocycles. The minimum Gasteiger partial charge on any atom is -0.486 e. The van der Waals surface area contributed by atoms with Crippen molar-refractivity contribution >= 4 is 39.1 Å². The number of ether oxygens (including phenoxy) is 2. The molecule has 22 heavy (non-hydrogen) atoms. The van der Waals surface area contributed by atoms with Crippen LogP contribution in [-0.2, 0) is 5.75 Å². The van der Waals surface area contributed by atoms with Crippen molar-refractivity contribution in [3.05, 3.63) is 35.2 Å². The largest absolute Gasteiger partial charge is 0.486 e. The molecule has 0 spiro atoms. The third kappa shape index (κ3) is 2.57. The number of benzene rings is 1. The molecule has 0 bridgehead atoms. The zero-order chi connectivity index (χ0) is 14.9. The Morgan fingerprint density at radius 3 is 2.91 bits per heavy atom. The van der Waals surface area contributed by atoms with E-state index in [0.29, 0.717) is 24.2 Å². The Bertz CT molecular complexity index is 835. The van der Waals surface area contributed by atoms with Crippen molar-refractivity contribution in [2.45, 2.75) is 10.9 Å². The van der Waals surface area contributed by atoms with Crippen LogP contribution in [0.3, 0.4) is 0 Å². The summed E-state index contributed by atoms with van der Waals surface area (Å²) in [6.45, 7) is 1.20. The van der Waals surface area contributed by atoms with Crippen molar-refractivity contribution in [2.24, 2.45) is 0 Å². The van der Waals surface area contributed by atoms with Crippen LogP contribution >= 0.6 is 23.1 Å². The molecular weight excluding hydrogens is 318 g/mol. The lowest BCUT2D eigenvalue weighted by Gasteiger charge is -2.18. The van der Waals surface area contributed by atoms with E-state index in [1.54, 1.807) is 23.1 Å². The van der Waals surface area contributed by atoms with Crippen LogP contribution in [0.2, 0.25) is 0 Å². The van der Waals surface area contributed by atoms with E-state index in [9.17, 15) is 0 Å². The van der Waals surface area contributed by atoms with Crippen molar-refractivity contribution in [1.29, 1.82) is 0 Å². The smallest absolute Gasteiger partial charge is 0.191 e. The first-order valence-corrected chi connectivity index (χ1v) is 8.68. The van der Waals surface area contributed by atoms with E-state index in [2.05, 4.69) is 9.97 Å². The van der Waals surface area contributed by atoms with Gasteiger partial charge in [0, 0.05) is 5.75 Å². The molecule has 0 unspecified atom stereocenters. The average Bonchev–Trinajstić information content (AvgIpc) is 3.02. The molecule has 0 radical (unpaired) electrons. The number of rotatable bonds is 3. The zero-order valence-electron chi connectivity index (χ0n) is 11.6. The minimum atomic E-state index is 0.538. The van der Waals surface area contributed by atoms with Gasteiger partial charge >= 0.3 is 0 Å². The molecule has 3 heterocycles. The molecule has 0 saturated heterocycles. The quantitative estimate of drug-likeness (QED) is 0.586. The van der Waals surface area contributed by atoms with Gasteiger partial charge in [-0.25, -0.2) is 9.97 Å². The predicted molar refractivity (Wildman–Crippen MR) is 88.8 cm³/mol. The van der Waals surface area contributed by atoms with Gasteiger partial charge in [0.25, 0.3) is 0 Å². The Morgan fingerprint density at radius 1 is 1.14 bits per heavy atom. The third-order valence-corrected chi connectivity index (χ3v) is 5.03. The number of hydrogen-bond acceptors (Lipinski definition) is 7. The lowest BCUT2D eigenvalue weighted by Crippen LogP contribution is -2.15. The summed E-state index contributed by atoms with van der Waals surface area (Å²) >= 11 is 3.14. The first kappa shape index (κ1) is 13.7. The average molecular weight is 331 g/mol. The van der Waals surface area contributed by atoms with Gasteiger partial charge in [-0.3, -0.25) is 0 Å². The first-order chi connectivity index (χ1) is 10.8. The number of nitrogens with two attached hydrogens (primary N) is 1. The Morgan fingerprint density at radius 2 is 2.00 bits per heavy atom. The highest BCUT2D eigenvalue weighted by atomic mass is 32.2. The van der Waals surface area contributed by atoms with Crippen LogP contribution in [0.5, 0.6) is 11.5 Å². The van der Waals surface area contributed by atoms with Crippen LogP contribution in [0.25, 0.3) is 10.2 Å². The molecule has 0 atom stereocenters. The van der Waals surface area contributed by atoms with Gasteiger partial charge in [0.1, 0.15) is 23.9 Å². The van der Waals surface area contributed by atoms with Crippen LogP contribution < -0.4 is 15.2 Å². The molecule has 2 N–H and O–H groups in total. The van der Waals surface area contributed by atoms with Gasteiger partial charge in [-0.1, -0.05) is 17.8 Å². The van der Waals surface area contributed by atoms with E-state index in [1.807, 2.05) is 29.6 Å². The molecule has 5 nitrogen and oxygen atoms in total. The van der Waals surface area contributed by atoms with Gasteiger partial charge in [0.2, 0.25) is 0 Å². The minimum absolute atomic E-state index is 0.538. The molecular formula is C15H13N3O2S2. The van der Waals surface area contributed by atoms with Gasteiger partial charge in [-0.15, -0.1) is 11.3 Å². The number of aromatic nitrogens is 2. The molecule has 1 aliphatic rings. The number of nitrogens with zero attached hydrogens (tertiary/aromatic N) is 2. The standard InChI is InChI=1S/C15H13N3O2S2/c16-13-10-3-6-21-14(10)18-15(17-13)22-8-9-1-2-11-12(7-9)20-5-4-19-11/h1-3,6-7H,4-5,8H2,(H2,16,17,18). The van der Waals surface area contributed by atoms with Crippen LogP contribution in [0.4, 0.5) is 5.82 Å². The van der Waals surface area contributed by atoms with Crippen molar-refractivity contribution in [2.75, 3.05) is 18.9 Å². The maximum atomic E-state index is 5.97. The van der Waals surface area contributed by atoms with Gasteiger partial charge in [0.15, 0.2) is 16.7 Å². The second-order valence-corrected chi connectivity index (χ2v) is 6.63. The Kier molecular flexibility index (Phi) is 3.51. The van der Waals surface area contributed by atoms with Gasteiger partial charge in [-0.05, 0) is 29.1 Å². The Balaban J connectivity index is 1.53. The predicted octanol–water partition coefficient (Wildman–Crippen LogP) is 3.34. The monoisotopic (exact) mass is 331 g/mol. The van der Waals surface area contributed by atoms with E-state index in [1.165, 1.54) is 0 Å². The van der Waals surface area contributed by atoms with Crippen molar-refractivity contribution in [3.8, 4) is 11.5 Å². The van der Waals surface area contributed by atoms with Crippen LogP contribution in [0.1, 0.15) is 5.56 Å². The zero-order valence-corrected chi connectivity index (χ0v) is 13.2. The van der Waals surface area contributed by atoms with Crippen LogP contribution in [0.15, 0.2) is 34.8 Å². The van der Waals surface area contributed by atoms with Crippen molar-refractivity contribution < 1.29 is 9.47 Å². The fourth-order valence-electron chi connectivity index (χ4n) is 2.25. The highest BCUT2D eigenvalue weighted by Gasteiger charge is 2.12. The number of fused-ring (bicyclic) bond motifs is 2. The summed E-state index contributed by atoms with van der Waals surface area (Å²) in [5.74, 6) is 2.90. The number of thiophene rings is 1. The highest BCUT2D eigenvalue weighted by Crippen LogP contribution is 2.33. The topological polar surface area (TPSA) is 70.3 Å². The van der Waals surface area contributed by atoms with Gasteiger partial charge < -0.3 is 15.2 Å². The fraction of sp³-hybridized carbons (Fsp3) is 0.200. The number of thioether (sulfide) groups is 1. The number of nitrogen functional groups attached to an aromatic ring is 1. The van der Waals surface area contributed by atoms with Gasteiger partial charge in [-0.2, -0.15) is 0 Å². The lowest BCUT2D eigenvalue weighted by atomic mass is 10.2. The van der Waals surface area contributed by atoms with Crippen molar-refractivity contribution in [3.63, 3.8) is 0 Å². The molecule has 3 aromatic rings.